The second-order valence-electron chi connectivity index (χ2n) is 8.67. The largest absolute Gasteiger partial charge is 0.492 e. The highest BCUT2D eigenvalue weighted by Gasteiger charge is 2.25. The molecule has 2 aromatic carbocycles. The van der Waals surface area contributed by atoms with Gasteiger partial charge in [0, 0.05) is 32.1 Å². The Hall–Kier alpha value is -2.82. The fourth-order valence-corrected chi connectivity index (χ4v) is 4.55. The zero-order chi connectivity index (χ0) is 21.5. The minimum atomic E-state index is 0.0682. The van der Waals surface area contributed by atoms with Crippen molar-refractivity contribution in [2.24, 2.45) is 5.92 Å². The number of para-hydroxylation sites is 1. The number of hydrogen-bond acceptors (Lipinski definition) is 3. The van der Waals surface area contributed by atoms with Crippen molar-refractivity contribution in [1.29, 1.82) is 0 Å². The lowest BCUT2D eigenvalue weighted by Crippen LogP contribution is -2.42. The van der Waals surface area contributed by atoms with E-state index in [4.69, 9.17) is 4.74 Å². The third-order valence-corrected chi connectivity index (χ3v) is 6.31. The van der Waals surface area contributed by atoms with Gasteiger partial charge in [-0.2, -0.15) is 0 Å². The van der Waals surface area contributed by atoms with E-state index in [1.54, 1.807) is 0 Å². The Bertz CT molecular complexity index is 877. The second-order valence-corrected chi connectivity index (χ2v) is 8.67. The van der Waals surface area contributed by atoms with Crippen molar-refractivity contribution in [3.63, 3.8) is 0 Å². The van der Waals surface area contributed by atoms with E-state index >= 15 is 0 Å². The molecule has 0 N–H and O–H groups in total. The second kappa shape index (κ2) is 10.5. The average molecular weight is 421 g/mol. The molecule has 5 nitrogen and oxygen atoms in total. The molecule has 0 aliphatic carbocycles. The lowest BCUT2D eigenvalue weighted by atomic mass is 9.98. The maximum atomic E-state index is 13.0. The number of ether oxygens (including phenoxy) is 1. The lowest BCUT2D eigenvalue weighted by Gasteiger charge is -2.33. The van der Waals surface area contributed by atoms with Crippen molar-refractivity contribution in [3.8, 4) is 5.75 Å². The maximum Gasteiger partial charge on any atom is 0.257 e. The van der Waals surface area contributed by atoms with Crippen molar-refractivity contribution in [2.45, 2.75) is 38.5 Å². The van der Waals surface area contributed by atoms with Crippen LogP contribution in [-0.4, -0.2) is 54.4 Å². The van der Waals surface area contributed by atoms with Gasteiger partial charge in [-0.1, -0.05) is 42.5 Å². The van der Waals surface area contributed by atoms with Gasteiger partial charge in [-0.15, -0.1) is 0 Å². The summed E-state index contributed by atoms with van der Waals surface area (Å²) in [6.45, 7) is 3.71. The Labute approximate surface area is 185 Å². The molecule has 2 amide bonds. The first-order chi connectivity index (χ1) is 15.2. The highest BCUT2D eigenvalue weighted by atomic mass is 16.5. The number of rotatable bonds is 6. The van der Waals surface area contributed by atoms with Gasteiger partial charge in [0.2, 0.25) is 5.91 Å². The fourth-order valence-electron chi connectivity index (χ4n) is 4.55. The minimum absolute atomic E-state index is 0.0682. The van der Waals surface area contributed by atoms with Crippen LogP contribution in [0.1, 0.15) is 48.0 Å². The molecule has 2 aliphatic heterocycles. The van der Waals surface area contributed by atoms with E-state index in [-0.39, 0.29) is 17.7 Å². The Balaban J connectivity index is 1.34. The predicted molar refractivity (Wildman–Crippen MR) is 121 cm³/mol. The monoisotopic (exact) mass is 420 g/mol. The van der Waals surface area contributed by atoms with Crippen molar-refractivity contribution in [1.82, 2.24) is 9.80 Å². The van der Waals surface area contributed by atoms with Crippen LogP contribution in [0, 0.1) is 5.92 Å². The molecule has 0 aromatic heterocycles. The predicted octanol–water partition coefficient (Wildman–Crippen LogP) is 4.17. The summed E-state index contributed by atoms with van der Waals surface area (Å²) in [6.07, 6.45) is 5.82. The molecular formula is C26H32N2O3. The summed E-state index contributed by atoms with van der Waals surface area (Å²) in [4.78, 5) is 29.6. The highest BCUT2D eigenvalue weighted by Crippen LogP contribution is 2.24. The fraction of sp³-hybridized carbons (Fsp3) is 0.462. The molecule has 2 fully saturated rings. The van der Waals surface area contributed by atoms with Crippen molar-refractivity contribution in [2.75, 3.05) is 32.8 Å². The van der Waals surface area contributed by atoms with Gasteiger partial charge in [0.15, 0.2) is 0 Å². The summed E-state index contributed by atoms with van der Waals surface area (Å²) in [6, 6.07) is 17.5. The van der Waals surface area contributed by atoms with E-state index in [0.717, 1.165) is 50.9 Å². The molecule has 31 heavy (non-hydrogen) atoms. The molecule has 0 bridgehead atoms. The summed E-state index contributed by atoms with van der Waals surface area (Å²) in [5, 5.41) is 0. The van der Waals surface area contributed by atoms with Crippen molar-refractivity contribution < 1.29 is 14.3 Å². The van der Waals surface area contributed by atoms with Crippen LogP contribution >= 0.6 is 0 Å². The quantitative estimate of drug-likeness (QED) is 0.705. The third kappa shape index (κ3) is 5.66. The summed E-state index contributed by atoms with van der Waals surface area (Å²) in [5.74, 6) is 1.19. The number of nitrogens with zero attached hydrogens (tertiary/aromatic N) is 2. The van der Waals surface area contributed by atoms with Gasteiger partial charge in [-0.3, -0.25) is 9.59 Å². The van der Waals surface area contributed by atoms with E-state index in [2.05, 4.69) is 0 Å². The molecule has 164 valence electrons. The normalized spacial score (nSPS) is 19.2. The molecule has 0 spiro atoms. The van der Waals surface area contributed by atoms with Gasteiger partial charge < -0.3 is 14.5 Å². The number of hydrogen-bond donors (Lipinski definition) is 0. The van der Waals surface area contributed by atoms with Gasteiger partial charge in [-0.05, 0) is 49.8 Å². The summed E-state index contributed by atoms with van der Waals surface area (Å²) < 4.78 is 6.15. The average Bonchev–Trinajstić information content (AvgIpc) is 2.84. The number of carbonyl (C=O) groups excluding carboxylic acids is 2. The number of carbonyl (C=O) groups is 2. The number of amides is 2. The van der Waals surface area contributed by atoms with E-state index in [0.29, 0.717) is 30.9 Å². The molecule has 2 heterocycles. The summed E-state index contributed by atoms with van der Waals surface area (Å²) >= 11 is 0. The molecule has 2 aromatic rings. The van der Waals surface area contributed by atoms with Crippen LogP contribution in [0.4, 0.5) is 0 Å². The molecule has 0 radical (unpaired) electrons. The van der Waals surface area contributed by atoms with Crippen molar-refractivity contribution in [3.05, 3.63) is 65.7 Å². The van der Waals surface area contributed by atoms with E-state index in [9.17, 15) is 9.59 Å². The van der Waals surface area contributed by atoms with E-state index in [1.807, 2.05) is 64.4 Å². The molecule has 5 heteroatoms. The van der Waals surface area contributed by atoms with Gasteiger partial charge in [0.25, 0.3) is 5.91 Å². The van der Waals surface area contributed by atoms with Crippen LogP contribution < -0.4 is 4.74 Å². The van der Waals surface area contributed by atoms with Crippen LogP contribution in [-0.2, 0) is 11.2 Å². The Morgan fingerprint density at radius 3 is 2.35 bits per heavy atom. The number of likely N-dealkylation sites (tertiary alicyclic amines) is 2. The third-order valence-electron chi connectivity index (χ3n) is 6.31. The Morgan fingerprint density at radius 1 is 0.839 bits per heavy atom. The maximum absolute atomic E-state index is 13.0. The first-order valence-corrected chi connectivity index (χ1v) is 11.5. The molecule has 2 aliphatic rings. The van der Waals surface area contributed by atoms with Gasteiger partial charge in [0.1, 0.15) is 5.75 Å². The SMILES string of the molecule is O=C(Cc1ccccc1)N1CCCC(COc2ccccc2C(=O)N2CCCCC2)C1. The zero-order valence-corrected chi connectivity index (χ0v) is 18.2. The first kappa shape index (κ1) is 21.4. The van der Waals surface area contributed by atoms with Crippen LogP contribution in [0.15, 0.2) is 54.6 Å². The molecule has 0 saturated carbocycles. The Morgan fingerprint density at radius 2 is 1.55 bits per heavy atom. The van der Waals surface area contributed by atoms with E-state index < -0.39 is 0 Å². The smallest absolute Gasteiger partial charge is 0.257 e. The standard InChI is InChI=1S/C26H32N2O3/c29-25(18-21-10-3-1-4-11-21)28-17-9-12-22(19-28)20-31-24-14-6-5-13-23(24)26(30)27-15-7-2-8-16-27/h1,3-6,10-11,13-14,22H,2,7-9,12,15-20H2. The van der Waals surface area contributed by atoms with Crippen LogP contribution in [0.2, 0.25) is 0 Å². The van der Waals surface area contributed by atoms with Crippen LogP contribution in [0.3, 0.4) is 0 Å². The number of piperidine rings is 2. The lowest BCUT2D eigenvalue weighted by molar-refractivity contribution is -0.132. The number of benzene rings is 2. The van der Waals surface area contributed by atoms with Crippen molar-refractivity contribution >= 4 is 11.8 Å². The molecule has 1 atom stereocenters. The Kier molecular flexibility index (Phi) is 7.23. The summed E-state index contributed by atoms with van der Waals surface area (Å²) in [5.41, 5.74) is 1.70. The molecule has 1 unspecified atom stereocenters. The van der Waals surface area contributed by atoms with Crippen LogP contribution in [0.5, 0.6) is 5.75 Å². The minimum Gasteiger partial charge on any atom is -0.492 e. The molecule has 4 rings (SSSR count). The van der Waals surface area contributed by atoms with Gasteiger partial charge in [0.05, 0.1) is 18.6 Å². The molecule has 2 saturated heterocycles. The van der Waals surface area contributed by atoms with Gasteiger partial charge >= 0.3 is 0 Å². The van der Waals surface area contributed by atoms with E-state index in [1.165, 1.54) is 6.42 Å². The van der Waals surface area contributed by atoms with Gasteiger partial charge in [-0.25, -0.2) is 0 Å². The zero-order valence-electron chi connectivity index (χ0n) is 18.2. The molecular weight excluding hydrogens is 388 g/mol. The highest BCUT2D eigenvalue weighted by molar-refractivity contribution is 5.97. The first-order valence-electron chi connectivity index (χ1n) is 11.5. The topological polar surface area (TPSA) is 49.9 Å². The summed E-state index contributed by atoms with van der Waals surface area (Å²) in [7, 11) is 0. The van der Waals surface area contributed by atoms with Crippen LogP contribution in [0.25, 0.3) is 0 Å².